The Bertz CT molecular complexity index is 215. The van der Waals surface area contributed by atoms with Crippen molar-refractivity contribution in [2.45, 2.75) is 24.1 Å². The second-order valence-electron chi connectivity index (χ2n) is 4.04. The fourth-order valence-electron chi connectivity index (χ4n) is 1.51. The fourth-order valence-corrected chi connectivity index (χ4v) is 4.15. The predicted molar refractivity (Wildman–Crippen MR) is 67.6 cm³/mol. The van der Waals surface area contributed by atoms with Crippen molar-refractivity contribution in [2.24, 2.45) is 0 Å². The van der Waals surface area contributed by atoms with Gasteiger partial charge in [0.2, 0.25) is 5.91 Å². The van der Waals surface area contributed by atoms with E-state index in [1.165, 1.54) is 30.1 Å². The second-order valence-corrected chi connectivity index (χ2v) is 6.60. The van der Waals surface area contributed by atoms with Gasteiger partial charge in [0.05, 0.1) is 6.54 Å². The quantitative estimate of drug-likeness (QED) is 0.749. The molecule has 2 fully saturated rings. The lowest BCUT2D eigenvalue weighted by molar-refractivity contribution is -0.120. The number of hydrogen-bond acceptors (Lipinski definition) is 4. The van der Waals surface area contributed by atoms with Crippen molar-refractivity contribution < 1.29 is 4.79 Å². The molecule has 86 valence electrons. The Hall–Kier alpha value is 0.130. The molecule has 0 bridgehead atoms. The minimum Gasteiger partial charge on any atom is -0.352 e. The van der Waals surface area contributed by atoms with E-state index in [4.69, 9.17) is 0 Å². The number of hydrogen-bond donors (Lipinski definition) is 2. The van der Waals surface area contributed by atoms with Crippen molar-refractivity contribution in [3.05, 3.63) is 0 Å². The molecule has 0 aromatic heterocycles. The van der Waals surface area contributed by atoms with Crippen LogP contribution < -0.4 is 10.6 Å². The molecule has 0 spiro atoms. The minimum atomic E-state index is 0.158. The first-order valence-corrected chi connectivity index (χ1v) is 7.74. The SMILES string of the molecule is O=C(CNCC1CSCCS1)NC1CC1. The number of nitrogens with one attached hydrogen (secondary N) is 2. The van der Waals surface area contributed by atoms with Crippen molar-refractivity contribution in [2.75, 3.05) is 30.3 Å². The summed E-state index contributed by atoms with van der Waals surface area (Å²) in [6.45, 7) is 1.45. The Morgan fingerprint density at radius 1 is 1.33 bits per heavy atom. The fraction of sp³-hybridized carbons (Fsp3) is 0.900. The Labute approximate surface area is 99.5 Å². The van der Waals surface area contributed by atoms with Gasteiger partial charge in [-0.2, -0.15) is 23.5 Å². The number of rotatable bonds is 5. The van der Waals surface area contributed by atoms with Gasteiger partial charge in [-0.15, -0.1) is 0 Å². The molecule has 5 heteroatoms. The summed E-state index contributed by atoms with van der Waals surface area (Å²) in [5.41, 5.74) is 0. The molecule has 1 atom stereocenters. The van der Waals surface area contributed by atoms with Crippen molar-refractivity contribution in [1.29, 1.82) is 0 Å². The maximum atomic E-state index is 11.3. The van der Waals surface area contributed by atoms with Gasteiger partial charge in [-0.05, 0) is 12.8 Å². The Balaban J connectivity index is 1.51. The van der Waals surface area contributed by atoms with E-state index in [0.29, 0.717) is 17.8 Å². The number of carbonyl (C=O) groups is 1. The van der Waals surface area contributed by atoms with Crippen LogP contribution in [0.15, 0.2) is 0 Å². The van der Waals surface area contributed by atoms with Gasteiger partial charge in [-0.25, -0.2) is 0 Å². The summed E-state index contributed by atoms with van der Waals surface area (Å²) < 4.78 is 0. The lowest BCUT2D eigenvalue weighted by atomic mass is 10.4. The van der Waals surface area contributed by atoms with E-state index >= 15 is 0 Å². The third-order valence-electron chi connectivity index (χ3n) is 2.48. The number of amides is 1. The van der Waals surface area contributed by atoms with Gasteiger partial charge in [-0.1, -0.05) is 0 Å². The molecule has 1 saturated carbocycles. The predicted octanol–water partition coefficient (Wildman–Crippen LogP) is 0.703. The third-order valence-corrected chi connectivity index (χ3v) is 5.33. The van der Waals surface area contributed by atoms with Crippen LogP contribution in [0.2, 0.25) is 0 Å². The molecule has 2 aliphatic rings. The lowest BCUT2D eigenvalue weighted by Gasteiger charge is -2.21. The molecule has 1 aliphatic heterocycles. The van der Waals surface area contributed by atoms with Crippen molar-refractivity contribution >= 4 is 29.4 Å². The Morgan fingerprint density at radius 3 is 2.87 bits per heavy atom. The average Bonchev–Trinajstić information content (AvgIpc) is 3.03. The molecule has 1 saturated heterocycles. The lowest BCUT2D eigenvalue weighted by Crippen LogP contribution is -2.38. The Morgan fingerprint density at radius 2 is 2.20 bits per heavy atom. The van der Waals surface area contributed by atoms with E-state index in [9.17, 15) is 4.79 Å². The summed E-state index contributed by atoms with van der Waals surface area (Å²) in [5, 5.41) is 6.91. The van der Waals surface area contributed by atoms with Crippen LogP contribution in [0.25, 0.3) is 0 Å². The van der Waals surface area contributed by atoms with Crippen LogP contribution in [0.3, 0.4) is 0 Å². The van der Waals surface area contributed by atoms with Gasteiger partial charge >= 0.3 is 0 Å². The summed E-state index contributed by atoms with van der Waals surface area (Å²) in [5.74, 6) is 3.92. The molecule has 1 unspecified atom stereocenters. The summed E-state index contributed by atoms with van der Waals surface area (Å²) in [6.07, 6.45) is 2.34. The van der Waals surface area contributed by atoms with Crippen LogP contribution in [0.4, 0.5) is 0 Å². The van der Waals surface area contributed by atoms with Crippen molar-refractivity contribution in [3.8, 4) is 0 Å². The Kier molecular flexibility index (Phi) is 4.65. The van der Waals surface area contributed by atoms with Gasteiger partial charge in [0.15, 0.2) is 0 Å². The molecule has 0 aromatic carbocycles. The highest BCUT2D eigenvalue weighted by Crippen LogP contribution is 2.23. The molecular formula is C10H18N2OS2. The molecule has 15 heavy (non-hydrogen) atoms. The first-order chi connectivity index (χ1) is 7.34. The summed E-state index contributed by atoms with van der Waals surface area (Å²) in [7, 11) is 0. The van der Waals surface area contributed by atoms with E-state index in [1.807, 2.05) is 23.5 Å². The zero-order valence-corrected chi connectivity index (χ0v) is 10.5. The molecular weight excluding hydrogens is 228 g/mol. The topological polar surface area (TPSA) is 41.1 Å². The van der Waals surface area contributed by atoms with E-state index in [0.717, 1.165) is 6.54 Å². The smallest absolute Gasteiger partial charge is 0.234 e. The molecule has 0 radical (unpaired) electrons. The highest BCUT2D eigenvalue weighted by Gasteiger charge is 2.23. The molecule has 1 aliphatic carbocycles. The highest BCUT2D eigenvalue weighted by molar-refractivity contribution is 8.06. The van der Waals surface area contributed by atoms with Crippen LogP contribution in [-0.2, 0) is 4.79 Å². The highest BCUT2D eigenvalue weighted by atomic mass is 32.2. The van der Waals surface area contributed by atoms with Gasteiger partial charge in [0.1, 0.15) is 0 Å². The first kappa shape index (κ1) is 11.6. The van der Waals surface area contributed by atoms with Gasteiger partial charge in [0.25, 0.3) is 0 Å². The van der Waals surface area contributed by atoms with Crippen molar-refractivity contribution in [1.82, 2.24) is 10.6 Å². The van der Waals surface area contributed by atoms with Gasteiger partial charge in [0, 0.05) is 35.1 Å². The third kappa shape index (κ3) is 4.66. The van der Waals surface area contributed by atoms with Crippen LogP contribution >= 0.6 is 23.5 Å². The monoisotopic (exact) mass is 246 g/mol. The number of thioether (sulfide) groups is 2. The van der Waals surface area contributed by atoms with Gasteiger partial charge < -0.3 is 10.6 Å². The van der Waals surface area contributed by atoms with Crippen LogP contribution in [0.5, 0.6) is 0 Å². The zero-order valence-electron chi connectivity index (χ0n) is 8.83. The molecule has 3 nitrogen and oxygen atoms in total. The second kappa shape index (κ2) is 6.01. The summed E-state index contributed by atoms with van der Waals surface area (Å²) in [4.78, 5) is 11.3. The van der Waals surface area contributed by atoms with E-state index in [-0.39, 0.29) is 5.91 Å². The first-order valence-electron chi connectivity index (χ1n) is 5.54. The normalized spacial score (nSPS) is 26.3. The van der Waals surface area contributed by atoms with Crippen molar-refractivity contribution in [3.63, 3.8) is 0 Å². The minimum absolute atomic E-state index is 0.158. The molecule has 1 amide bonds. The molecule has 1 heterocycles. The molecule has 0 aromatic rings. The summed E-state index contributed by atoms with van der Waals surface area (Å²) in [6, 6.07) is 0.485. The standard InChI is InChI=1S/C10H18N2OS2/c13-10(12-8-1-2-8)6-11-5-9-7-14-3-4-15-9/h8-9,11H,1-7H2,(H,12,13). The van der Waals surface area contributed by atoms with Crippen LogP contribution in [-0.4, -0.2) is 47.5 Å². The number of carbonyl (C=O) groups excluding carboxylic acids is 1. The van der Waals surface area contributed by atoms with E-state index in [2.05, 4.69) is 10.6 Å². The van der Waals surface area contributed by atoms with Gasteiger partial charge in [-0.3, -0.25) is 4.79 Å². The zero-order chi connectivity index (χ0) is 10.5. The summed E-state index contributed by atoms with van der Waals surface area (Å²) >= 11 is 4.05. The molecule has 2 rings (SSSR count). The van der Waals surface area contributed by atoms with E-state index < -0.39 is 0 Å². The van der Waals surface area contributed by atoms with Crippen LogP contribution in [0.1, 0.15) is 12.8 Å². The van der Waals surface area contributed by atoms with Crippen LogP contribution in [0, 0.1) is 0 Å². The largest absolute Gasteiger partial charge is 0.352 e. The maximum Gasteiger partial charge on any atom is 0.234 e. The average molecular weight is 246 g/mol. The molecule has 2 N–H and O–H groups in total. The maximum absolute atomic E-state index is 11.3. The van der Waals surface area contributed by atoms with E-state index in [1.54, 1.807) is 0 Å².